The van der Waals surface area contributed by atoms with Gasteiger partial charge >= 0.3 is 0 Å². The number of thiophene rings is 7. The zero-order chi connectivity index (χ0) is 89.2. The topological polar surface area (TPSA) is 150 Å². The highest BCUT2D eigenvalue weighted by atomic mass is 79.9. The molecule has 7 aliphatic rings. The normalized spacial score (nSPS) is 16.9. The smallest absolute Gasteiger partial charge is 0.202 e. The molecule has 0 saturated carbocycles. The Morgan fingerprint density at radius 1 is 0.294 bits per heavy atom. The molecule has 0 fully saturated rings. The molecular weight excluding hydrogens is 1820 g/mol. The van der Waals surface area contributed by atoms with E-state index >= 15 is 0 Å². The van der Waals surface area contributed by atoms with E-state index in [2.05, 4.69) is 65.8 Å². The molecule has 7 aromatic heterocycles. The van der Waals surface area contributed by atoms with Crippen molar-refractivity contribution in [2.45, 2.75) is 159 Å². The van der Waals surface area contributed by atoms with Gasteiger partial charge in [-0.15, -0.1) is 79.4 Å². The first-order valence-electron chi connectivity index (χ1n) is 36.1. The van der Waals surface area contributed by atoms with Crippen molar-refractivity contribution in [3.05, 3.63) is 344 Å². The van der Waals surface area contributed by atoms with Crippen LogP contribution in [0, 0.1) is 59.9 Å². The lowest BCUT2D eigenvalue weighted by atomic mass is 10.00. The predicted octanol–water partition coefficient (Wildman–Crippen LogP) is 31.6. The van der Waals surface area contributed by atoms with E-state index in [4.69, 9.17) is 80.8 Å². The first-order chi connectivity index (χ1) is 55.8. The van der Waals surface area contributed by atoms with Crippen LogP contribution in [0.3, 0.4) is 0 Å². The molecule has 119 heavy (non-hydrogen) atoms. The Bertz CT molecular complexity index is 5760. The molecule has 0 bridgehead atoms. The number of nitrogens with zero attached hydrogens (tertiary/aromatic N) is 7. The molecule has 0 atom stereocenters. The molecule has 0 radical (unpaired) electrons. The van der Waals surface area contributed by atoms with Gasteiger partial charge in [0.05, 0.1) is 90.5 Å². The molecular formula is C93H76Br2Cl3N7O7S7. The molecule has 14 nitrogen and oxygen atoms in total. The number of hydrogen-bond donors (Lipinski definition) is 0. The van der Waals surface area contributed by atoms with Crippen molar-refractivity contribution in [3.8, 4) is 0 Å². The third-order valence-electron chi connectivity index (χ3n) is 19.3. The van der Waals surface area contributed by atoms with Gasteiger partial charge in [-0.1, -0.05) is 73.8 Å². The summed E-state index contributed by atoms with van der Waals surface area (Å²) in [5.74, 6) is 0.135. The van der Waals surface area contributed by atoms with E-state index in [-0.39, 0.29) is 40.5 Å². The Morgan fingerprint density at radius 2 is 0.588 bits per heavy atom. The van der Waals surface area contributed by atoms with Gasteiger partial charge in [0, 0.05) is 96.0 Å². The maximum Gasteiger partial charge on any atom is 0.202 e. The minimum atomic E-state index is -0.0516. The Morgan fingerprint density at radius 3 is 0.992 bits per heavy atom. The van der Waals surface area contributed by atoms with E-state index in [1.54, 1.807) is 71.2 Å². The maximum absolute atomic E-state index is 12.4. The summed E-state index contributed by atoms with van der Waals surface area (Å²) in [5, 5.41) is 7.99. The van der Waals surface area contributed by atoms with Crippen LogP contribution in [0.4, 0.5) is 0 Å². The summed E-state index contributed by atoms with van der Waals surface area (Å²) in [6.07, 6.45) is 0. The first-order valence-corrected chi connectivity index (χ1v) is 44.8. The molecule has 26 heteroatoms. The van der Waals surface area contributed by atoms with Crippen LogP contribution in [0.1, 0.15) is 263 Å². The molecule has 602 valence electrons. The van der Waals surface area contributed by atoms with Gasteiger partial charge in [0.2, 0.25) is 17.3 Å². The molecule has 0 unspecified atom stereocenters. The number of fused-ring (bicyclic) bond motifs is 7. The van der Waals surface area contributed by atoms with Crippen LogP contribution < -0.4 is 0 Å². The number of Topliss-reactive ketones (excluding diaryl/α,β-unsaturated/α-hetero) is 7. The van der Waals surface area contributed by atoms with Crippen LogP contribution in [0.25, 0.3) is 72.9 Å². The van der Waals surface area contributed by atoms with Gasteiger partial charge < -0.3 is 0 Å². The highest BCUT2D eigenvalue weighted by molar-refractivity contribution is 9.11. The van der Waals surface area contributed by atoms with E-state index in [0.29, 0.717) is 103 Å². The Labute approximate surface area is 754 Å². The summed E-state index contributed by atoms with van der Waals surface area (Å²) in [7, 11) is 0. The average Bonchev–Trinajstić information content (AvgIpc) is 1.58. The van der Waals surface area contributed by atoms with Crippen molar-refractivity contribution in [1.82, 2.24) is 0 Å². The number of aryl methyl sites for hydroxylation is 2. The number of carbonyl (C=O) groups excluding carboxylic acids is 7. The molecule has 0 aromatic carbocycles. The fourth-order valence-electron chi connectivity index (χ4n) is 14.2. The van der Waals surface area contributed by atoms with Crippen LogP contribution in [-0.4, -0.2) is 40.5 Å². The van der Waals surface area contributed by atoms with E-state index < -0.39 is 0 Å². The number of rotatable bonds is 0. The zero-order valence-corrected chi connectivity index (χ0v) is 80.4. The van der Waals surface area contributed by atoms with Crippen LogP contribution >= 0.6 is 146 Å². The molecule has 7 heterocycles. The molecule has 0 amide bonds. The second-order valence-corrected chi connectivity index (χ2v) is 39.9. The minimum absolute atomic E-state index is 0.00472. The van der Waals surface area contributed by atoms with Gasteiger partial charge in [-0.3, -0.25) is 33.6 Å². The largest absolute Gasteiger partial charge is 0.289 e. The highest BCUT2D eigenvalue weighted by Crippen LogP contribution is 2.53. The molecule has 0 N–H and O–H groups in total. The van der Waals surface area contributed by atoms with Gasteiger partial charge in [-0.25, -0.2) is 33.9 Å². The SMILES string of the molecule is [C-]#[N+]/C(C)=C1/C(=C(C)C)C(=O)c2c(Br)csc21.[C-]#[N+]/C(C)=C1/C(=C(C)C)C(=O)c2c(C)csc21.[C-]#[N+]/C(C)=C1/C(=C(C)C)C(=O)c2c(Cl)csc21.[C-]#[N+]/C(C)=C1/C(=C(C)C)C(=O)c2c1csc2Cl.[C-]#[N+]/C(C)=C1/C(=C(C)C)C(=O)c2sc(Br)cc21.[C-]#[N+]/C(C)=C1/C(=C(C)C)C(=O)c2sc(C)cc21.[C-]#[N+]/C(C)=C1/C(=C(C)C)C(=O)c2sc(Cl)cc21. The minimum Gasteiger partial charge on any atom is -0.289 e. The van der Waals surface area contributed by atoms with Gasteiger partial charge in [0.15, 0.2) is 63.0 Å². The third kappa shape index (κ3) is 18.0. The van der Waals surface area contributed by atoms with Crippen molar-refractivity contribution in [3.63, 3.8) is 0 Å². The molecule has 0 aliphatic heterocycles. The summed E-state index contributed by atoms with van der Waals surface area (Å²) in [4.78, 5) is 116. The fourth-order valence-corrected chi connectivity index (χ4v) is 23.3. The number of allylic oxidation sites excluding steroid dienone is 28. The van der Waals surface area contributed by atoms with E-state index in [0.717, 1.165) is 160 Å². The zero-order valence-electron chi connectivity index (χ0n) is 69.3. The van der Waals surface area contributed by atoms with Gasteiger partial charge in [0.25, 0.3) is 0 Å². The standard InChI is InChI=1S/2C14H13NOS.2C13H10BrNOS.3C13H10ClNOS/c1-7(2)10-12(9(4)15-5)14-11(13(10)16)8(3)6-17-14;1-7(2)11-12(9(4)15-5)10-6-8(3)17-14(10)13(11)16;1-6(2)9-10(7(3)15-4)13-11(12(9)16)8(14)5-17-13;1-6(2)10-11(7(3)15-4)8-5-9(14)17-13(8)12(10)16;1-6(2)9-10(7(3)15-4)13-11(12(9)16)8(14)5-17-13;1-6(2)9-10(7(3)15-4)8-5-17-13(14)11(8)12(9)16;1-6(2)10-11(7(3)15-4)8-5-9(14)17-13(8)12(10)16/h2*6H,1-4H3;5*5H,1-3H3/b12-9-;12-9+;10-7-;11-7+;10-7-;10-7+;11-7+. The fraction of sp³-hybridized carbons (Fsp3) is 0.247. The average molecular weight is 1890 g/mol. The van der Waals surface area contributed by atoms with Crippen molar-refractivity contribution in [1.29, 1.82) is 0 Å². The summed E-state index contributed by atoms with van der Waals surface area (Å²) >= 11 is 34.9. The monoisotopic (exact) mass is 1890 g/mol. The van der Waals surface area contributed by atoms with Crippen LogP contribution in [0.15, 0.2) is 166 Å². The molecule has 0 saturated heterocycles. The second kappa shape index (κ2) is 38.7. The maximum atomic E-state index is 12.4. The number of ketones is 7. The summed E-state index contributed by atoms with van der Waals surface area (Å²) in [6.45, 7) is 92.9. The van der Waals surface area contributed by atoms with Crippen molar-refractivity contribution >= 4 is 226 Å². The van der Waals surface area contributed by atoms with Crippen molar-refractivity contribution in [2.75, 3.05) is 0 Å². The van der Waals surface area contributed by atoms with Gasteiger partial charge in [-0.05, 0) is 270 Å². The summed E-state index contributed by atoms with van der Waals surface area (Å²) in [6, 6.07) is 5.72. The van der Waals surface area contributed by atoms with E-state index in [9.17, 15) is 33.6 Å². The van der Waals surface area contributed by atoms with Crippen LogP contribution in [0.5, 0.6) is 0 Å². The Kier molecular flexibility index (Phi) is 30.8. The van der Waals surface area contributed by atoms with Gasteiger partial charge in [-0.2, -0.15) is 0 Å². The first kappa shape index (κ1) is 94.7. The quantitative estimate of drug-likeness (QED) is 0.108. The van der Waals surface area contributed by atoms with E-state index in [1.807, 2.05) is 139 Å². The molecule has 7 aromatic rings. The van der Waals surface area contributed by atoms with Crippen LogP contribution in [0.2, 0.25) is 13.7 Å². The Hall–Kier alpha value is -9.79. The number of halogens is 5. The lowest BCUT2D eigenvalue weighted by Crippen LogP contribution is -1.99. The molecule has 0 spiro atoms. The second-order valence-electron chi connectivity index (χ2n) is 29.1. The molecule has 14 rings (SSSR count). The van der Waals surface area contributed by atoms with Crippen molar-refractivity contribution in [2.24, 2.45) is 0 Å². The van der Waals surface area contributed by atoms with Gasteiger partial charge in [0.1, 0.15) is 4.34 Å². The number of hydrogen-bond acceptors (Lipinski definition) is 14. The lowest BCUT2D eigenvalue weighted by Gasteiger charge is -2.04. The Balaban J connectivity index is 0.000000173. The third-order valence-corrected chi connectivity index (χ3v) is 28.9. The predicted molar refractivity (Wildman–Crippen MR) is 503 cm³/mol. The summed E-state index contributed by atoms with van der Waals surface area (Å²) < 4.78 is 2.86. The van der Waals surface area contributed by atoms with E-state index in [1.165, 1.54) is 68.0 Å². The van der Waals surface area contributed by atoms with Crippen molar-refractivity contribution < 1.29 is 33.6 Å². The summed E-state index contributed by atoms with van der Waals surface area (Å²) in [5.41, 5.74) is 28.2. The molecule has 7 aliphatic carbocycles. The van der Waals surface area contributed by atoms with Crippen LogP contribution in [-0.2, 0) is 0 Å². The highest BCUT2D eigenvalue weighted by Gasteiger charge is 2.41. The number of carbonyl (C=O) groups is 7. The lowest BCUT2D eigenvalue weighted by molar-refractivity contribution is 0.103.